The van der Waals surface area contributed by atoms with Gasteiger partial charge in [-0.1, -0.05) is 11.3 Å². The first-order valence-electron chi connectivity index (χ1n) is 5.03. The zero-order chi connectivity index (χ0) is 13.2. The Morgan fingerprint density at radius 3 is 2.89 bits per heavy atom. The van der Waals surface area contributed by atoms with Crippen LogP contribution in [0.15, 0.2) is 9.98 Å². The Morgan fingerprint density at radius 1 is 1.61 bits per heavy atom. The van der Waals surface area contributed by atoms with E-state index in [1.54, 1.807) is 6.20 Å². The number of aromatic nitrogens is 1. The summed E-state index contributed by atoms with van der Waals surface area (Å²) in [5.74, 6) is -1.10. The van der Waals surface area contributed by atoms with Crippen molar-refractivity contribution in [1.29, 1.82) is 0 Å². The molecule has 1 aromatic heterocycles. The van der Waals surface area contributed by atoms with Crippen LogP contribution in [0.25, 0.3) is 0 Å². The first-order chi connectivity index (χ1) is 8.52. The average Bonchev–Trinajstić information content (AvgIpc) is 2.89. The van der Waals surface area contributed by atoms with E-state index >= 15 is 0 Å². The number of rotatable bonds is 3. The smallest absolute Gasteiger partial charge is 0.332 e. The standard InChI is InChI=1S/C9H10BrN3O4S/c10-5-3-11-8(18-5)12-7(16)13-9(6(14)15)1-2-17-4-9/h3H,1-2,4H2,(H,14,15)(H2,11,12,13,16). The highest BCUT2D eigenvalue weighted by atomic mass is 79.9. The van der Waals surface area contributed by atoms with Crippen molar-refractivity contribution in [2.75, 3.05) is 18.5 Å². The third-order valence-corrected chi connectivity index (χ3v) is 3.87. The van der Waals surface area contributed by atoms with Gasteiger partial charge in [0.25, 0.3) is 0 Å². The van der Waals surface area contributed by atoms with E-state index in [1.165, 1.54) is 11.3 Å². The van der Waals surface area contributed by atoms with Gasteiger partial charge in [-0.3, -0.25) is 5.32 Å². The van der Waals surface area contributed by atoms with E-state index in [1.807, 2.05) is 0 Å². The summed E-state index contributed by atoms with van der Waals surface area (Å²) < 4.78 is 5.81. The number of aliphatic carboxylic acids is 1. The maximum atomic E-state index is 11.7. The van der Waals surface area contributed by atoms with Gasteiger partial charge in [-0.05, 0) is 15.9 Å². The number of carboxylic acid groups (broad SMARTS) is 1. The van der Waals surface area contributed by atoms with Crippen LogP contribution in [0.3, 0.4) is 0 Å². The number of urea groups is 1. The van der Waals surface area contributed by atoms with Gasteiger partial charge in [0.05, 0.1) is 16.6 Å². The summed E-state index contributed by atoms with van der Waals surface area (Å²) in [5.41, 5.74) is -1.35. The molecule has 1 aliphatic rings. The van der Waals surface area contributed by atoms with Gasteiger partial charge in [0, 0.05) is 13.0 Å². The van der Waals surface area contributed by atoms with Crippen LogP contribution < -0.4 is 10.6 Å². The molecule has 1 aromatic rings. The molecule has 0 radical (unpaired) electrons. The lowest BCUT2D eigenvalue weighted by molar-refractivity contribution is -0.144. The number of nitrogens with one attached hydrogen (secondary N) is 2. The molecule has 0 saturated carbocycles. The highest BCUT2D eigenvalue weighted by molar-refractivity contribution is 9.11. The Kier molecular flexibility index (Phi) is 3.83. The molecule has 1 saturated heterocycles. The van der Waals surface area contributed by atoms with Crippen LogP contribution in [0.2, 0.25) is 0 Å². The molecular formula is C9H10BrN3O4S. The number of halogens is 1. The van der Waals surface area contributed by atoms with Crippen molar-refractivity contribution in [2.45, 2.75) is 12.0 Å². The maximum Gasteiger partial charge on any atom is 0.332 e. The van der Waals surface area contributed by atoms with E-state index in [4.69, 9.17) is 9.84 Å². The molecule has 0 bridgehead atoms. The molecule has 0 spiro atoms. The maximum absolute atomic E-state index is 11.7. The lowest BCUT2D eigenvalue weighted by atomic mass is 9.99. The Morgan fingerprint density at radius 2 is 2.39 bits per heavy atom. The molecule has 3 N–H and O–H groups in total. The number of carbonyl (C=O) groups excluding carboxylic acids is 1. The number of thiazole rings is 1. The molecule has 2 rings (SSSR count). The molecule has 1 unspecified atom stereocenters. The summed E-state index contributed by atoms with van der Waals surface area (Å²) in [6.45, 7) is 0.284. The van der Waals surface area contributed by atoms with Gasteiger partial charge in [-0.25, -0.2) is 14.6 Å². The molecule has 0 aromatic carbocycles. The van der Waals surface area contributed by atoms with Crippen molar-refractivity contribution in [3.05, 3.63) is 9.98 Å². The number of ether oxygens (including phenoxy) is 1. The van der Waals surface area contributed by atoms with Crippen molar-refractivity contribution in [2.24, 2.45) is 0 Å². The summed E-state index contributed by atoms with van der Waals surface area (Å²) in [4.78, 5) is 26.8. The number of carbonyl (C=O) groups is 2. The first-order valence-corrected chi connectivity index (χ1v) is 6.64. The van der Waals surface area contributed by atoms with Crippen LogP contribution in [0.4, 0.5) is 9.93 Å². The number of amides is 2. The van der Waals surface area contributed by atoms with Crippen LogP contribution in [-0.4, -0.2) is 40.8 Å². The van der Waals surface area contributed by atoms with Gasteiger partial charge in [-0.15, -0.1) is 0 Å². The molecule has 2 amide bonds. The third kappa shape index (κ3) is 2.79. The van der Waals surface area contributed by atoms with Crippen LogP contribution in [0.1, 0.15) is 6.42 Å². The molecule has 7 nitrogen and oxygen atoms in total. The van der Waals surface area contributed by atoms with Crippen LogP contribution >= 0.6 is 27.3 Å². The largest absolute Gasteiger partial charge is 0.479 e. The summed E-state index contributed by atoms with van der Waals surface area (Å²) in [6.07, 6.45) is 1.79. The van der Waals surface area contributed by atoms with E-state index in [-0.39, 0.29) is 13.0 Å². The molecular weight excluding hydrogens is 326 g/mol. The highest BCUT2D eigenvalue weighted by Crippen LogP contribution is 2.24. The Hall–Kier alpha value is -1.19. The lowest BCUT2D eigenvalue weighted by Crippen LogP contribution is -2.56. The van der Waals surface area contributed by atoms with E-state index in [0.717, 1.165) is 3.79 Å². The van der Waals surface area contributed by atoms with Gasteiger partial charge < -0.3 is 15.2 Å². The first kappa shape index (κ1) is 13.2. The van der Waals surface area contributed by atoms with E-state index in [2.05, 4.69) is 31.5 Å². The summed E-state index contributed by atoms with van der Waals surface area (Å²) in [6, 6.07) is -0.607. The van der Waals surface area contributed by atoms with Crippen LogP contribution in [0, 0.1) is 0 Å². The number of nitrogens with zero attached hydrogens (tertiary/aromatic N) is 1. The quantitative estimate of drug-likeness (QED) is 0.772. The molecule has 1 aliphatic heterocycles. The van der Waals surface area contributed by atoms with Crippen molar-refractivity contribution in [3.63, 3.8) is 0 Å². The second kappa shape index (κ2) is 5.21. The molecule has 1 atom stereocenters. The van der Waals surface area contributed by atoms with Gasteiger partial charge in [0.15, 0.2) is 10.7 Å². The van der Waals surface area contributed by atoms with Gasteiger partial charge in [-0.2, -0.15) is 0 Å². The third-order valence-electron chi connectivity index (χ3n) is 2.48. The Balaban J connectivity index is 1.99. The molecule has 0 aliphatic carbocycles. The van der Waals surface area contributed by atoms with Crippen molar-refractivity contribution in [1.82, 2.24) is 10.3 Å². The minimum Gasteiger partial charge on any atom is -0.479 e. The molecule has 1 fully saturated rings. The van der Waals surface area contributed by atoms with Crippen molar-refractivity contribution < 1.29 is 19.4 Å². The lowest BCUT2D eigenvalue weighted by Gasteiger charge is -2.23. The normalized spacial score (nSPS) is 22.7. The molecule has 9 heteroatoms. The SMILES string of the molecule is O=C(Nc1ncc(Br)s1)NC1(C(=O)O)CCOC1. The predicted octanol–water partition coefficient (Wildman–Crippen LogP) is 1.27. The number of hydrogen-bond donors (Lipinski definition) is 3. The number of anilines is 1. The molecule has 98 valence electrons. The summed E-state index contributed by atoms with van der Waals surface area (Å²) in [7, 11) is 0. The second-order valence-electron chi connectivity index (χ2n) is 3.74. The minimum absolute atomic E-state index is 0.0304. The van der Waals surface area contributed by atoms with Crippen molar-refractivity contribution >= 4 is 44.4 Å². The van der Waals surface area contributed by atoms with E-state index in [0.29, 0.717) is 11.7 Å². The number of carboxylic acids is 1. The highest BCUT2D eigenvalue weighted by Gasteiger charge is 2.44. The zero-order valence-corrected chi connectivity index (χ0v) is 11.5. The summed E-state index contributed by atoms with van der Waals surface area (Å²) in [5, 5.41) is 14.4. The van der Waals surface area contributed by atoms with Crippen LogP contribution in [0.5, 0.6) is 0 Å². The molecule has 18 heavy (non-hydrogen) atoms. The van der Waals surface area contributed by atoms with Crippen LogP contribution in [-0.2, 0) is 9.53 Å². The fraction of sp³-hybridized carbons (Fsp3) is 0.444. The Bertz CT molecular complexity index is 472. The Labute approximate surface area is 115 Å². The average molecular weight is 336 g/mol. The van der Waals surface area contributed by atoms with E-state index in [9.17, 15) is 9.59 Å². The fourth-order valence-electron chi connectivity index (χ4n) is 1.54. The van der Waals surface area contributed by atoms with Gasteiger partial charge in [0.1, 0.15) is 0 Å². The zero-order valence-electron chi connectivity index (χ0n) is 9.10. The summed E-state index contributed by atoms with van der Waals surface area (Å²) >= 11 is 4.45. The monoisotopic (exact) mass is 335 g/mol. The predicted molar refractivity (Wildman–Crippen MR) is 67.8 cm³/mol. The van der Waals surface area contributed by atoms with Gasteiger partial charge >= 0.3 is 12.0 Å². The van der Waals surface area contributed by atoms with Gasteiger partial charge in [0.2, 0.25) is 0 Å². The van der Waals surface area contributed by atoms with E-state index < -0.39 is 17.5 Å². The fourth-order valence-corrected chi connectivity index (χ4v) is 2.65. The number of hydrogen-bond acceptors (Lipinski definition) is 5. The second-order valence-corrected chi connectivity index (χ2v) is 6.15. The molecule has 2 heterocycles. The van der Waals surface area contributed by atoms with Crippen molar-refractivity contribution in [3.8, 4) is 0 Å². The minimum atomic E-state index is -1.35. The topological polar surface area (TPSA) is 101 Å².